The van der Waals surface area contributed by atoms with Crippen LogP contribution in [0.2, 0.25) is 0 Å². The van der Waals surface area contributed by atoms with E-state index in [0.29, 0.717) is 19.4 Å². The van der Waals surface area contributed by atoms with E-state index in [1.807, 2.05) is 36.4 Å². The van der Waals surface area contributed by atoms with E-state index in [2.05, 4.69) is 5.10 Å². The highest BCUT2D eigenvalue weighted by molar-refractivity contribution is 8.15. The van der Waals surface area contributed by atoms with Gasteiger partial charge in [-0.1, -0.05) is 48.2 Å². The summed E-state index contributed by atoms with van der Waals surface area (Å²) in [6.45, 7) is -0.246. The summed E-state index contributed by atoms with van der Waals surface area (Å²) in [5, 5.41) is 13.9. The Morgan fingerprint density at radius 3 is 2.37 bits per heavy atom. The molecular formula is C19H21F2N3O2S. The van der Waals surface area contributed by atoms with Gasteiger partial charge < -0.3 is 10.8 Å². The van der Waals surface area contributed by atoms with Gasteiger partial charge >= 0.3 is 0 Å². The van der Waals surface area contributed by atoms with Gasteiger partial charge in [-0.05, 0) is 37.6 Å². The number of benzene rings is 2. The molecule has 3 rings (SSSR count). The molecule has 1 amide bonds. The van der Waals surface area contributed by atoms with Crippen molar-refractivity contribution in [2.45, 2.75) is 18.2 Å². The number of hydrogen-bond donors (Lipinski definition) is 2. The topological polar surface area (TPSA) is 78.9 Å². The SMILES string of the molecule is NCCCC1SC(c2cc(F)ccc2F)=NN1C(=O)CO.c1ccccc1. The Morgan fingerprint density at radius 1 is 1.19 bits per heavy atom. The van der Waals surface area contributed by atoms with E-state index in [4.69, 9.17) is 10.8 Å². The lowest BCUT2D eigenvalue weighted by Gasteiger charge is -2.19. The Hall–Kier alpha value is -2.29. The van der Waals surface area contributed by atoms with Crippen molar-refractivity contribution in [1.29, 1.82) is 0 Å². The monoisotopic (exact) mass is 393 g/mol. The molecule has 0 saturated carbocycles. The number of halogens is 2. The van der Waals surface area contributed by atoms with Crippen LogP contribution in [0.25, 0.3) is 0 Å². The van der Waals surface area contributed by atoms with Gasteiger partial charge in [-0.3, -0.25) is 4.79 Å². The zero-order valence-electron chi connectivity index (χ0n) is 14.6. The maximum atomic E-state index is 13.8. The van der Waals surface area contributed by atoms with Crippen molar-refractivity contribution < 1.29 is 18.7 Å². The molecule has 2 aromatic rings. The molecule has 1 heterocycles. The second-order valence-electron chi connectivity index (χ2n) is 5.58. The number of carbonyl (C=O) groups excluding carboxylic acids is 1. The second-order valence-corrected chi connectivity index (χ2v) is 6.75. The minimum atomic E-state index is -0.692. The van der Waals surface area contributed by atoms with Crippen LogP contribution in [-0.4, -0.2) is 39.6 Å². The fraction of sp³-hybridized carbons (Fsp3) is 0.263. The number of amides is 1. The predicted octanol–water partition coefficient (Wildman–Crippen LogP) is 2.95. The molecule has 0 fully saturated rings. The Bertz CT molecular complexity index is 748. The summed E-state index contributed by atoms with van der Waals surface area (Å²) in [4.78, 5) is 11.7. The molecule has 0 radical (unpaired) electrons. The van der Waals surface area contributed by atoms with Gasteiger partial charge in [0.05, 0.1) is 0 Å². The molecular weight excluding hydrogens is 372 g/mol. The standard InChI is InChI=1S/C13H15F2N3O2S.C6H6/c14-8-3-4-10(15)9(6-8)13-17-18(11(20)7-19)12(21-13)2-1-5-16;1-2-4-6-5-3-1/h3-4,6,12,19H,1-2,5,7,16H2;1-6H. The van der Waals surface area contributed by atoms with Crippen LogP contribution in [0.5, 0.6) is 0 Å². The smallest absolute Gasteiger partial charge is 0.269 e. The van der Waals surface area contributed by atoms with E-state index in [0.717, 1.165) is 35.0 Å². The first-order chi connectivity index (χ1) is 13.1. The molecule has 1 unspecified atom stereocenters. The quantitative estimate of drug-likeness (QED) is 0.819. The largest absolute Gasteiger partial charge is 0.386 e. The first kappa shape index (κ1) is 21.0. The lowest BCUT2D eigenvalue weighted by molar-refractivity contribution is -0.134. The zero-order valence-corrected chi connectivity index (χ0v) is 15.4. The third kappa shape index (κ3) is 6.13. The Labute approximate surface area is 160 Å². The van der Waals surface area contributed by atoms with Crippen LogP contribution in [0.1, 0.15) is 18.4 Å². The van der Waals surface area contributed by atoms with Gasteiger partial charge in [-0.15, -0.1) is 0 Å². The molecule has 0 spiro atoms. The molecule has 0 aromatic heterocycles. The van der Waals surface area contributed by atoms with Crippen LogP contribution in [0.15, 0.2) is 59.7 Å². The predicted molar refractivity (Wildman–Crippen MR) is 103 cm³/mol. The molecule has 144 valence electrons. The van der Waals surface area contributed by atoms with Crippen LogP contribution in [0.4, 0.5) is 8.78 Å². The van der Waals surface area contributed by atoms with Crippen molar-refractivity contribution >= 4 is 22.7 Å². The van der Waals surface area contributed by atoms with E-state index >= 15 is 0 Å². The normalized spacial score (nSPS) is 15.8. The van der Waals surface area contributed by atoms with Crippen molar-refractivity contribution in [3.63, 3.8) is 0 Å². The highest BCUT2D eigenvalue weighted by Gasteiger charge is 2.32. The average molecular weight is 393 g/mol. The lowest BCUT2D eigenvalue weighted by Crippen LogP contribution is -2.33. The first-order valence-electron chi connectivity index (χ1n) is 8.40. The number of rotatable bonds is 5. The number of hydrazone groups is 1. The van der Waals surface area contributed by atoms with E-state index in [-0.39, 0.29) is 16.0 Å². The van der Waals surface area contributed by atoms with Gasteiger partial charge in [-0.2, -0.15) is 5.10 Å². The van der Waals surface area contributed by atoms with Crippen molar-refractivity contribution in [2.24, 2.45) is 10.8 Å². The van der Waals surface area contributed by atoms with Crippen molar-refractivity contribution in [1.82, 2.24) is 5.01 Å². The fourth-order valence-corrected chi connectivity index (χ4v) is 3.52. The van der Waals surface area contributed by atoms with Gasteiger partial charge in [0.25, 0.3) is 5.91 Å². The number of carbonyl (C=O) groups is 1. The van der Waals surface area contributed by atoms with E-state index < -0.39 is 24.1 Å². The molecule has 0 saturated heterocycles. The maximum Gasteiger partial charge on any atom is 0.269 e. The molecule has 0 aliphatic carbocycles. The van der Waals surface area contributed by atoms with Crippen LogP contribution in [-0.2, 0) is 4.79 Å². The number of aliphatic hydroxyl groups excluding tert-OH is 1. The van der Waals surface area contributed by atoms with E-state index in [1.165, 1.54) is 0 Å². The third-order valence-corrected chi connectivity index (χ3v) is 4.82. The molecule has 27 heavy (non-hydrogen) atoms. The van der Waals surface area contributed by atoms with Crippen LogP contribution < -0.4 is 5.73 Å². The molecule has 8 heteroatoms. The summed E-state index contributed by atoms with van der Waals surface area (Å²) >= 11 is 1.16. The van der Waals surface area contributed by atoms with E-state index in [9.17, 15) is 13.6 Å². The molecule has 3 N–H and O–H groups in total. The Kier molecular flexibility index (Phi) is 8.38. The number of thioether (sulfide) groups is 1. The van der Waals surface area contributed by atoms with Crippen LogP contribution in [0, 0.1) is 11.6 Å². The molecule has 0 bridgehead atoms. The average Bonchev–Trinajstić information content (AvgIpc) is 3.13. The number of aliphatic hydroxyl groups is 1. The summed E-state index contributed by atoms with van der Waals surface area (Å²) in [5.74, 6) is -1.78. The lowest BCUT2D eigenvalue weighted by atomic mass is 10.2. The summed E-state index contributed by atoms with van der Waals surface area (Å²) in [7, 11) is 0. The van der Waals surface area contributed by atoms with Crippen molar-refractivity contribution in [2.75, 3.05) is 13.2 Å². The van der Waals surface area contributed by atoms with Crippen LogP contribution >= 0.6 is 11.8 Å². The molecule has 1 aliphatic rings. The number of nitrogens with two attached hydrogens (primary N) is 1. The van der Waals surface area contributed by atoms with Crippen molar-refractivity contribution in [3.05, 3.63) is 71.8 Å². The second kappa shape index (κ2) is 10.8. The van der Waals surface area contributed by atoms with Crippen molar-refractivity contribution in [3.8, 4) is 0 Å². The zero-order chi connectivity index (χ0) is 19.6. The molecule has 1 aliphatic heterocycles. The molecule has 2 aromatic carbocycles. The van der Waals surface area contributed by atoms with Gasteiger partial charge in [0.15, 0.2) is 0 Å². The Balaban J connectivity index is 0.000000369. The summed E-state index contributed by atoms with van der Waals surface area (Å²) in [6, 6.07) is 15.1. The number of nitrogens with zero attached hydrogens (tertiary/aromatic N) is 2. The summed E-state index contributed by atoms with van der Waals surface area (Å²) in [5.41, 5.74) is 5.45. The summed E-state index contributed by atoms with van der Waals surface area (Å²) < 4.78 is 27.0. The fourth-order valence-electron chi connectivity index (χ4n) is 2.29. The van der Waals surface area contributed by atoms with Crippen LogP contribution in [0.3, 0.4) is 0 Å². The molecule has 1 atom stereocenters. The maximum absolute atomic E-state index is 13.8. The highest BCUT2D eigenvalue weighted by atomic mass is 32.2. The van der Waals surface area contributed by atoms with Gasteiger partial charge in [0.1, 0.15) is 28.7 Å². The Morgan fingerprint density at radius 2 is 1.81 bits per heavy atom. The third-order valence-electron chi connectivity index (χ3n) is 3.59. The van der Waals surface area contributed by atoms with Gasteiger partial charge in [0, 0.05) is 5.56 Å². The van der Waals surface area contributed by atoms with E-state index in [1.54, 1.807) is 0 Å². The van der Waals surface area contributed by atoms with Gasteiger partial charge in [-0.25, -0.2) is 13.8 Å². The highest BCUT2D eigenvalue weighted by Crippen LogP contribution is 2.33. The minimum absolute atomic E-state index is 0.00554. The van der Waals surface area contributed by atoms with Gasteiger partial charge in [0.2, 0.25) is 0 Å². The first-order valence-corrected chi connectivity index (χ1v) is 9.28. The number of hydrogen-bond acceptors (Lipinski definition) is 5. The summed E-state index contributed by atoms with van der Waals surface area (Å²) in [6.07, 6.45) is 1.21. The molecule has 5 nitrogen and oxygen atoms in total. The minimum Gasteiger partial charge on any atom is -0.386 e.